The SMILES string of the molecule is C[C@H]1CN(C(=O)c2cccc(N3CCCCS3(=O)=O)c2)C[C@H](C)O1. The van der Waals surface area contributed by atoms with Crippen LogP contribution in [0.3, 0.4) is 0 Å². The van der Waals surface area contributed by atoms with E-state index in [-0.39, 0.29) is 23.9 Å². The Bertz CT molecular complexity index is 709. The van der Waals surface area contributed by atoms with Gasteiger partial charge in [0.2, 0.25) is 10.0 Å². The van der Waals surface area contributed by atoms with Crippen LogP contribution in [0.1, 0.15) is 37.0 Å². The van der Waals surface area contributed by atoms with Gasteiger partial charge in [0.25, 0.3) is 5.91 Å². The summed E-state index contributed by atoms with van der Waals surface area (Å²) in [5, 5.41) is 0. The Labute approximate surface area is 143 Å². The summed E-state index contributed by atoms with van der Waals surface area (Å²) in [5.74, 6) is 0.0946. The molecular formula is C17H24N2O4S. The number of carbonyl (C=O) groups excluding carboxylic acids is 1. The topological polar surface area (TPSA) is 66.9 Å². The lowest BCUT2D eigenvalue weighted by Gasteiger charge is -2.35. The fraction of sp³-hybridized carbons (Fsp3) is 0.588. The van der Waals surface area contributed by atoms with Gasteiger partial charge in [0.15, 0.2) is 0 Å². The zero-order valence-corrected chi connectivity index (χ0v) is 15.0. The Morgan fingerprint density at radius 3 is 2.54 bits per heavy atom. The molecule has 1 aromatic carbocycles. The highest BCUT2D eigenvalue weighted by Gasteiger charge is 2.29. The zero-order chi connectivity index (χ0) is 17.3. The molecule has 2 heterocycles. The minimum atomic E-state index is -3.27. The second-order valence-electron chi connectivity index (χ2n) is 6.61. The lowest BCUT2D eigenvalue weighted by molar-refractivity contribution is -0.0586. The van der Waals surface area contributed by atoms with E-state index in [1.54, 1.807) is 29.2 Å². The van der Waals surface area contributed by atoms with Crippen LogP contribution in [-0.2, 0) is 14.8 Å². The lowest BCUT2D eigenvalue weighted by atomic mass is 10.1. The molecule has 2 aliphatic heterocycles. The molecule has 0 aliphatic carbocycles. The highest BCUT2D eigenvalue weighted by molar-refractivity contribution is 7.92. The predicted molar refractivity (Wildman–Crippen MR) is 92.7 cm³/mol. The predicted octanol–water partition coefficient (Wildman–Crippen LogP) is 1.87. The van der Waals surface area contributed by atoms with E-state index in [0.717, 1.165) is 6.42 Å². The van der Waals surface area contributed by atoms with Gasteiger partial charge in [-0.25, -0.2) is 8.42 Å². The quantitative estimate of drug-likeness (QED) is 0.815. The standard InChI is InChI=1S/C17H24N2O4S/c1-13-11-18(12-14(2)23-13)17(20)15-6-5-7-16(10-15)19-8-3-4-9-24(19,21)22/h5-7,10,13-14H,3-4,8-9,11-12H2,1-2H3/t13-,14-/m0/s1. The van der Waals surface area contributed by atoms with Crippen molar-refractivity contribution in [2.24, 2.45) is 0 Å². The zero-order valence-electron chi connectivity index (χ0n) is 14.1. The van der Waals surface area contributed by atoms with Crippen LogP contribution in [0.25, 0.3) is 0 Å². The molecule has 0 N–H and O–H groups in total. The van der Waals surface area contributed by atoms with Gasteiger partial charge in [-0.3, -0.25) is 9.10 Å². The molecule has 7 heteroatoms. The van der Waals surface area contributed by atoms with Crippen LogP contribution >= 0.6 is 0 Å². The van der Waals surface area contributed by atoms with Crippen molar-refractivity contribution in [2.45, 2.75) is 38.9 Å². The highest BCUT2D eigenvalue weighted by Crippen LogP contribution is 2.25. The molecule has 0 radical (unpaired) electrons. The Balaban J connectivity index is 1.83. The molecule has 6 nitrogen and oxygen atoms in total. The van der Waals surface area contributed by atoms with Crippen molar-refractivity contribution in [1.29, 1.82) is 0 Å². The first-order valence-corrected chi connectivity index (χ1v) is 10.0. The van der Waals surface area contributed by atoms with Crippen LogP contribution in [0.5, 0.6) is 0 Å². The number of nitrogens with zero attached hydrogens (tertiary/aromatic N) is 2. The highest BCUT2D eigenvalue weighted by atomic mass is 32.2. The first kappa shape index (κ1) is 17.2. The fourth-order valence-corrected chi connectivity index (χ4v) is 5.03. The minimum absolute atomic E-state index is 0.00311. The molecule has 0 unspecified atom stereocenters. The summed E-state index contributed by atoms with van der Waals surface area (Å²) >= 11 is 0. The number of morpholine rings is 1. The summed E-state index contributed by atoms with van der Waals surface area (Å²) in [5.41, 5.74) is 1.10. The summed E-state index contributed by atoms with van der Waals surface area (Å²) in [6.45, 7) is 5.48. The first-order valence-electron chi connectivity index (χ1n) is 8.42. The number of sulfonamides is 1. The van der Waals surface area contributed by atoms with E-state index in [1.165, 1.54) is 4.31 Å². The van der Waals surface area contributed by atoms with Crippen LogP contribution in [-0.4, -0.2) is 56.8 Å². The van der Waals surface area contributed by atoms with E-state index < -0.39 is 10.0 Å². The Kier molecular flexibility index (Phi) is 4.83. The average Bonchev–Trinajstić information content (AvgIpc) is 2.53. The van der Waals surface area contributed by atoms with E-state index in [1.807, 2.05) is 13.8 Å². The van der Waals surface area contributed by atoms with Crippen LogP contribution in [0.15, 0.2) is 24.3 Å². The number of hydrogen-bond donors (Lipinski definition) is 0. The monoisotopic (exact) mass is 352 g/mol. The molecule has 0 bridgehead atoms. The molecule has 0 spiro atoms. The summed E-state index contributed by atoms with van der Waals surface area (Å²) in [6, 6.07) is 6.94. The number of amides is 1. The third kappa shape index (κ3) is 3.57. The van der Waals surface area contributed by atoms with Gasteiger partial charge in [-0.2, -0.15) is 0 Å². The number of carbonyl (C=O) groups is 1. The molecule has 1 aromatic rings. The van der Waals surface area contributed by atoms with E-state index in [4.69, 9.17) is 4.74 Å². The van der Waals surface area contributed by atoms with Gasteiger partial charge >= 0.3 is 0 Å². The summed E-state index contributed by atoms with van der Waals surface area (Å²) < 4.78 is 31.6. The van der Waals surface area contributed by atoms with E-state index in [2.05, 4.69) is 0 Å². The molecule has 2 saturated heterocycles. The molecular weight excluding hydrogens is 328 g/mol. The molecule has 1 amide bonds. The van der Waals surface area contributed by atoms with E-state index in [0.29, 0.717) is 37.3 Å². The normalized spacial score (nSPS) is 27.1. The van der Waals surface area contributed by atoms with Crippen LogP contribution in [0.2, 0.25) is 0 Å². The number of ether oxygens (including phenoxy) is 1. The number of benzene rings is 1. The van der Waals surface area contributed by atoms with Gasteiger partial charge in [-0.15, -0.1) is 0 Å². The Hall–Kier alpha value is -1.60. The fourth-order valence-electron chi connectivity index (χ4n) is 3.40. The maximum absolute atomic E-state index is 12.8. The number of rotatable bonds is 2. The number of hydrogen-bond acceptors (Lipinski definition) is 4. The molecule has 2 aliphatic rings. The number of anilines is 1. The van der Waals surface area contributed by atoms with Gasteiger partial charge in [0, 0.05) is 25.2 Å². The smallest absolute Gasteiger partial charge is 0.254 e. The molecule has 132 valence electrons. The van der Waals surface area contributed by atoms with Crippen molar-refractivity contribution in [1.82, 2.24) is 4.90 Å². The van der Waals surface area contributed by atoms with Gasteiger partial charge in [0.1, 0.15) is 0 Å². The Morgan fingerprint density at radius 2 is 1.88 bits per heavy atom. The van der Waals surface area contributed by atoms with Gasteiger partial charge in [-0.05, 0) is 44.9 Å². The van der Waals surface area contributed by atoms with Gasteiger partial charge in [0.05, 0.1) is 23.6 Å². The van der Waals surface area contributed by atoms with Crippen LogP contribution in [0.4, 0.5) is 5.69 Å². The van der Waals surface area contributed by atoms with Crippen molar-refractivity contribution in [3.8, 4) is 0 Å². The summed E-state index contributed by atoms with van der Waals surface area (Å²) in [6.07, 6.45) is 1.54. The van der Waals surface area contributed by atoms with Crippen LogP contribution < -0.4 is 4.31 Å². The molecule has 0 aromatic heterocycles. The maximum Gasteiger partial charge on any atom is 0.254 e. The third-order valence-electron chi connectivity index (χ3n) is 4.44. The average molecular weight is 352 g/mol. The van der Waals surface area contributed by atoms with Crippen molar-refractivity contribution in [3.05, 3.63) is 29.8 Å². The lowest BCUT2D eigenvalue weighted by Crippen LogP contribution is -2.48. The van der Waals surface area contributed by atoms with Crippen molar-refractivity contribution in [2.75, 3.05) is 29.7 Å². The van der Waals surface area contributed by atoms with Crippen LogP contribution in [0, 0.1) is 0 Å². The molecule has 3 rings (SSSR count). The molecule has 2 fully saturated rings. The molecule has 0 saturated carbocycles. The second kappa shape index (κ2) is 6.72. The van der Waals surface area contributed by atoms with Gasteiger partial charge < -0.3 is 9.64 Å². The second-order valence-corrected chi connectivity index (χ2v) is 8.63. The van der Waals surface area contributed by atoms with Crippen molar-refractivity contribution >= 4 is 21.6 Å². The largest absolute Gasteiger partial charge is 0.372 e. The molecule has 24 heavy (non-hydrogen) atoms. The molecule has 2 atom stereocenters. The third-order valence-corrected chi connectivity index (χ3v) is 6.31. The van der Waals surface area contributed by atoms with Gasteiger partial charge in [-0.1, -0.05) is 6.07 Å². The summed E-state index contributed by atoms with van der Waals surface area (Å²) in [4.78, 5) is 14.6. The Morgan fingerprint density at radius 1 is 1.17 bits per heavy atom. The minimum Gasteiger partial charge on any atom is -0.372 e. The first-order chi connectivity index (χ1) is 11.4. The van der Waals surface area contributed by atoms with E-state index >= 15 is 0 Å². The van der Waals surface area contributed by atoms with E-state index in [9.17, 15) is 13.2 Å². The maximum atomic E-state index is 12.8. The van der Waals surface area contributed by atoms with Crippen molar-refractivity contribution < 1.29 is 17.9 Å². The summed E-state index contributed by atoms with van der Waals surface area (Å²) in [7, 11) is -3.27. The van der Waals surface area contributed by atoms with Crippen molar-refractivity contribution in [3.63, 3.8) is 0 Å².